The van der Waals surface area contributed by atoms with Crippen molar-refractivity contribution < 1.29 is 4.39 Å². The van der Waals surface area contributed by atoms with Crippen LogP contribution in [0.5, 0.6) is 0 Å². The van der Waals surface area contributed by atoms with Gasteiger partial charge in [0.25, 0.3) is 0 Å². The normalized spacial score (nSPS) is 12.4. The number of nitrogens with one attached hydrogen (secondary N) is 1. The molecule has 1 unspecified atom stereocenters. The van der Waals surface area contributed by atoms with Crippen molar-refractivity contribution in [2.24, 2.45) is 0 Å². The van der Waals surface area contributed by atoms with E-state index in [-0.39, 0.29) is 11.9 Å². The van der Waals surface area contributed by atoms with Gasteiger partial charge in [-0.1, -0.05) is 41.1 Å². The zero-order chi connectivity index (χ0) is 15.4. The Morgan fingerprint density at radius 2 is 1.86 bits per heavy atom. The first-order valence-corrected chi connectivity index (χ1v) is 8.05. The molecule has 1 N–H and O–H groups in total. The minimum absolute atomic E-state index is 0.169. The summed E-state index contributed by atoms with van der Waals surface area (Å²) in [4.78, 5) is 0. The zero-order valence-electron chi connectivity index (χ0n) is 12.7. The first-order chi connectivity index (χ1) is 10.0. The minimum atomic E-state index is -0.169. The number of rotatable bonds is 5. The van der Waals surface area contributed by atoms with Gasteiger partial charge in [-0.2, -0.15) is 0 Å². The summed E-state index contributed by atoms with van der Waals surface area (Å²) in [5.74, 6) is -0.169. The molecule has 3 heteroatoms. The summed E-state index contributed by atoms with van der Waals surface area (Å²) in [7, 11) is 0. The molecule has 0 aliphatic rings. The van der Waals surface area contributed by atoms with Crippen LogP contribution in [0.25, 0.3) is 0 Å². The Bertz CT molecular complexity index is 625. The van der Waals surface area contributed by atoms with Crippen LogP contribution >= 0.6 is 15.9 Å². The maximum atomic E-state index is 13.5. The molecule has 0 spiro atoms. The van der Waals surface area contributed by atoms with Gasteiger partial charge in [-0.05, 0) is 67.3 Å². The lowest BCUT2D eigenvalue weighted by Crippen LogP contribution is -2.23. The summed E-state index contributed by atoms with van der Waals surface area (Å²) >= 11 is 3.54. The van der Waals surface area contributed by atoms with Crippen molar-refractivity contribution >= 4 is 15.9 Å². The molecule has 0 bridgehead atoms. The van der Waals surface area contributed by atoms with Crippen LogP contribution in [0.3, 0.4) is 0 Å². The van der Waals surface area contributed by atoms with Crippen LogP contribution < -0.4 is 5.32 Å². The summed E-state index contributed by atoms with van der Waals surface area (Å²) < 4.78 is 14.6. The predicted octanol–water partition coefficient (Wildman–Crippen LogP) is 5.10. The van der Waals surface area contributed by atoms with Gasteiger partial charge in [-0.3, -0.25) is 0 Å². The van der Waals surface area contributed by atoms with Gasteiger partial charge in [0.2, 0.25) is 0 Å². The third-order valence-corrected chi connectivity index (χ3v) is 4.66. The average molecular weight is 350 g/mol. The van der Waals surface area contributed by atoms with Gasteiger partial charge in [0.05, 0.1) is 0 Å². The van der Waals surface area contributed by atoms with Gasteiger partial charge in [-0.15, -0.1) is 0 Å². The fraction of sp³-hybridized carbons (Fsp3) is 0.333. The van der Waals surface area contributed by atoms with Gasteiger partial charge >= 0.3 is 0 Å². The molecule has 0 aliphatic carbocycles. The van der Waals surface area contributed by atoms with Gasteiger partial charge in [-0.25, -0.2) is 4.39 Å². The maximum Gasteiger partial charge on any atom is 0.123 e. The highest BCUT2D eigenvalue weighted by molar-refractivity contribution is 9.10. The molecule has 0 heterocycles. The molecule has 1 atom stereocenters. The van der Waals surface area contributed by atoms with Crippen molar-refractivity contribution in [3.8, 4) is 0 Å². The second kappa shape index (κ2) is 7.19. The standard InChI is InChI=1S/C18H21BrFN/c1-4-21-18(14-6-8-17(19)13(3)9-14)11-15-10-16(20)7-5-12(15)2/h5-10,18,21H,4,11H2,1-3H3. The van der Waals surface area contributed by atoms with Crippen LogP contribution in [-0.2, 0) is 6.42 Å². The van der Waals surface area contributed by atoms with Crippen LogP contribution in [0.1, 0.15) is 35.2 Å². The van der Waals surface area contributed by atoms with Crippen molar-refractivity contribution in [2.45, 2.75) is 33.2 Å². The fourth-order valence-electron chi connectivity index (χ4n) is 2.52. The topological polar surface area (TPSA) is 12.0 Å². The maximum absolute atomic E-state index is 13.5. The first kappa shape index (κ1) is 16.2. The van der Waals surface area contributed by atoms with Crippen LogP contribution in [0.2, 0.25) is 0 Å². The Hall–Kier alpha value is -1.19. The highest BCUT2D eigenvalue weighted by atomic mass is 79.9. The summed E-state index contributed by atoms with van der Waals surface area (Å²) in [6.07, 6.45) is 0.790. The highest BCUT2D eigenvalue weighted by Crippen LogP contribution is 2.25. The molecule has 0 amide bonds. The average Bonchev–Trinajstić information content (AvgIpc) is 2.45. The first-order valence-electron chi connectivity index (χ1n) is 7.25. The molecule has 1 nitrogen and oxygen atoms in total. The highest BCUT2D eigenvalue weighted by Gasteiger charge is 2.14. The summed E-state index contributed by atoms with van der Waals surface area (Å²) in [6.45, 7) is 7.10. The Balaban J connectivity index is 2.30. The molecule has 0 fully saturated rings. The number of hydrogen-bond donors (Lipinski definition) is 1. The van der Waals surface area contributed by atoms with Crippen molar-refractivity contribution in [3.63, 3.8) is 0 Å². The Morgan fingerprint density at radius 3 is 2.52 bits per heavy atom. The largest absolute Gasteiger partial charge is 0.310 e. The van der Waals surface area contributed by atoms with Crippen LogP contribution in [0, 0.1) is 19.7 Å². The summed E-state index contributed by atoms with van der Waals surface area (Å²) in [6, 6.07) is 11.6. The molecule has 2 aromatic rings. The molecule has 0 saturated heterocycles. The molecule has 0 saturated carbocycles. The van der Waals surface area contributed by atoms with E-state index in [0.29, 0.717) is 0 Å². The number of benzene rings is 2. The number of hydrogen-bond acceptors (Lipinski definition) is 1. The lowest BCUT2D eigenvalue weighted by molar-refractivity contribution is 0.545. The Kier molecular flexibility index (Phi) is 5.54. The van der Waals surface area contributed by atoms with E-state index in [1.54, 1.807) is 6.07 Å². The molecule has 2 rings (SSSR count). The van der Waals surface area contributed by atoms with E-state index < -0.39 is 0 Å². The van der Waals surface area contributed by atoms with E-state index in [1.165, 1.54) is 17.2 Å². The lowest BCUT2D eigenvalue weighted by atomic mass is 9.95. The SMILES string of the molecule is CCNC(Cc1cc(F)ccc1C)c1ccc(Br)c(C)c1. The molecule has 112 valence electrons. The lowest BCUT2D eigenvalue weighted by Gasteiger charge is -2.20. The monoisotopic (exact) mass is 349 g/mol. The van der Waals surface area contributed by atoms with Crippen LogP contribution in [0.15, 0.2) is 40.9 Å². The number of halogens is 2. The predicted molar refractivity (Wildman–Crippen MR) is 90.1 cm³/mol. The van der Waals surface area contributed by atoms with Crippen LogP contribution in [0.4, 0.5) is 4.39 Å². The van der Waals surface area contributed by atoms with E-state index >= 15 is 0 Å². The fourth-order valence-corrected chi connectivity index (χ4v) is 2.77. The minimum Gasteiger partial charge on any atom is -0.310 e. The number of likely N-dealkylation sites (N-methyl/N-ethyl adjacent to an activating group) is 1. The van der Waals surface area contributed by atoms with Crippen molar-refractivity contribution in [1.29, 1.82) is 0 Å². The van der Waals surface area contributed by atoms with E-state index in [0.717, 1.165) is 28.6 Å². The second-order valence-corrected chi connectivity index (χ2v) is 6.25. The summed E-state index contributed by atoms with van der Waals surface area (Å²) in [5.41, 5.74) is 4.64. The van der Waals surface area contributed by atoms with E-state index in [2.05, 4.69) is 53.3 Å². The molecule has 0 radical (unpaired) electrons. The third kappa shape index (κ3) is 4.14. The second-order valence-electron chi connectivity index (χ2n) is 5.39. The molecule has 2 aromatic carbocycles. The molecule has 21 heavy (non-hydrogen) atoms. The number of aryl methyl sites for hydroxylation is 2. The third-order valence-electron chi connectivity index (χ3n) is 3.77. The van der Waals surface area contributed by atoms with Gasteiger partial charge < -0.3 is 5.32 Å². The van der Waals surface area contributed by atoms with Crippen molar-refractivity contribution in [2.75, 3.05) is 6.54 Å². The van der Waals surface area contributed by atoms with Crippen molar-refractivity contribution in [3.05, 3.63) is 68.9 Å². The molecule has 0 aliphatic heterocycles. The van der Waals surface area contributed by atoms with E-state index in [1.807, 2.05) is 13.0 Å². The van der Waals surface area contributed by atoms with Crippen molar-refractivity contribution in [1.82, 2.24) is 5.32 Å². The van der Waals surface area contributed by atoms with Gasteiger partial charge in [0.1, 0.15) is 5.82 Å². The van der Waals surface area contributed by atoms with Crippen LogP contribution in [-0.4, -0.2) is 6.54 Å². The van der Waals surface area contributed by atoms with Gasteiger partial charge in [0.15, 0.2) is 0 Å². The zero-order valence-corrected chi connectivity index (χ0v) is 14.3. The Morgan fingerprint density at radius 1 is 1.10 bits per heavy atom. The summed E-state index contributed by atoms with van der Waals surface area (Å²) in [5, 5.41) is 3.50. The smallest absolute Gasteiger partial charge is 0.123 e. The molecular formula is C18H21BrFN. The van der Waals surface area contributed by atoms with E-state index in [9.17, 15) is 4.39 Å². The molecule has 0 aromatic heterocycles. The van der Waals surface area contributed by atoms with Gasteiger partial charge in [0, 0.05) is 10.5 Å². The quantitative estimate of drug-likeness (QED) is 0.791. The molecular weight excluding hydrogens is 329 g/mol. The van der Waals surface area contributed by atoms with E-state index in [4.69, 9.17) is 0 Å². The Labute approximate surface area is 134 Å².